The second kappa shape index (κ2) is 10.2. The summed E-state index contributed by atoms with van der Waals surface area (Å²) in [4.78, 5) is 22.8. The molecule has 0 rings (SSSR count). The van der Waals surface area contributed by atoms with Crippen LogP contribution in [0.5, 0.6) is 0 Å². The van der Waals surface area contributed by atoms with Crippen molar-refractivity contribution < 1.29 is 19.1 Å². The Labute approximate surface area is 117 Å². The lowest BCUT2D eigenvalue weighted by Gasteiger charge is -2.05. The summed E-state index contributed by atoms with van der Waals surface area (Å²) in [5, 5.41) is -0.872. The van der Waals surface area contributed by atoms with Crippen molar-refractivity contribution in [3.05, 3.63) is 10.1 Å². The third-order valence-corrected chi connectivity index (χ3v) is 2.80. The minimum absolute atomic E-state index is 0.251. The Kier molecular flexibility index (Phi) is 9.79. The minimum atomic E-state index is -0.803. The molecule has 0 unspecified atom stereocenters. The fraction of sp³-hybridized carbons (Fsp3) is 0.667. The van der Waals surface area contributed by atoms with Crippen LogP contribution in [0.4, 0.5) is 0 Å². The number of hydrogen-bond donors (Lipinski definition) is 0. The highest BCUT2D eigenvalue weighted by molar-refractivity contribution is 6.53. The molecule has 0 atom stereocenters. The minimum Gasteiger partial charge on any atom is -0.461 e. The summed E-state index contributed by atoms with van der Waals surface area (Å²) in [6, 6.07) is 0. The molecule has 0 aliphatic rings. The molecule has 0 spiro atoms. The Morgan fingerprint density at radius 2 is 1.17 bits per heavy atom. The molecule has 0 radical (unpaired) electrons. The van der Waals surface area contributed by atoms with Crippen molar-refractivity contribution in [2.45, 2.75) is 39.5 Å². The number of halogens is 2. The van der Waals surface area contributed by atoms with Gasteiger partial charge in [-0.05, 0) is 12.8 Å². The predicted molar refractivity (Wildman–Crippen MR) is 70.5 cm³/mol. The average molecular weight is 297 g/mol. The van der Waals surface area contributed by atoms with Crippen LogP contribution in [-0.4, -0.2) is 25.2 Å². The predicted octanol–water partition coefficient (Wildman–Crippen LogP) is 3.36. The van der Waals surface area contributed by atoms with Crippen LogP contribution in [0, 0.1) is 0 Å². The van der Waals surface area contributed by atoms with Crippen molar-refractivity contribution in [1.29, 1.82) is 0 Å². The lowest BCUT2D eigenvalue weighted by atomic mass is 10.3. The molecule has 0 aromatic heterocycles. The van der Waals surface area contributed by atoms with Crippen LogP contribution in [0.1, 0.15) is 39.5 Å². The number of ether oxygens (including phenoxy) is 2. The maximum atomic E-state index is 11.4. The van der Waals surface area contributed by atoms with E-state index in [-0.39, 0.29) is 13.2 Å². The van der Waals surface area contributed by atoms with Gasteiger partial charge in [0.15, 0.2) is 10.1 Å². The maximum absolute atomic E-state index is 11.4. The smallest absolute Gasteiger partial charge is 0.351 e. The molecule has 18 heavy (non-hydrogen) atoms. The molecule has 0 aliphatic carbocycles. The molecule has 0 aromatic rings. The molecule has 0 saturated heterocycles. The SMILES string of the molecule is CCCCOC(=O)/C(Cl)=C(/Cl)C(=O)OCCCC. The van der Waals surface area contributed by atoms with E-state index in [1.807, 2.05) is 13.8 Å². The molecule has 0 heterocycles. The first kappa shape index (κ1) is 17.3. The topological polar surface area (TPSA) is 52.6 Å². The quantitative estimate of drug-likeness (QED) is 0.391. The van der Waals surface area contributed by atoms with Gasteiger partial charge in [0.25, 0.3) is 0 Å². The van der Waals surface area contributed by atoms with Gasteiger partial charge in [0, 0.05) is 0 Å². The molecule has 0 N–H and O–H groups in total. The van der Waals surface area contributed by atoms with Crippen LogP contribution in [0.3, 0.4) is 0 Å². The van der Waals surface area contributed by atoms with Crippen LogP contribution >= 0.6 is 23.2 Å². The monoisotopic (exact) mass is 296 g/mol. The van der Waals surface area contributed by atoms with Crippen LogP contribution in [0.2, 0.25) is 0 Å². The molecule has 6 heteroatoms. The number of hydrogen-bond acceptors (Lipinski definition) is 4. The van der Waals surface area contributed by atoms with Gasteiger partial charge < -0.3 is 9.47 Å². The molecular weight excluding hydrogens is 279 g/mol. The van der Waals surface area contributed by atoms with Crippen molar-refractivity contribution >= 4 is 35.1 Å². The van der Waals surface area contributed by atoms with E-state index < -0.39 is 22.0 Å². The highest BCUT2D eigenvalue weighted by Crippen LogP contribution is 2.17. The van der Waals surface area contributed by atoms with E-state index >= 15 is 0 Å². The Morgan fingerprint density at radius 3 is 1.44 bits per heavy atom. The lowest BCUT2D eigenvalue weighted by molar-refractivity contribution is -0.141. The van der Waals surface area contributed by atoms with Gasteiger partial charge in [-0.3, -0.25) is 0 Å². The second-order valence-electron chi connectivity index (χ2n) is 3.61. The second-order valence-corrected chi connectivity index (χ2v) is 4.36. The number of esters is 2. The van der Waals surface area contributed by atoms with E-state index in [1.54, 1.807) is 0 Å². The summed E-state index contributed by atoms with van der Waals surface area (Å²) in [5.74, 6) is -1.61. The summed E-state index contributed by atoms with van der Waals surface area (Å²) < 4.78 is 9.64. The third kappa shape index (κ3) is 6.87. The molecule has 0 amide bonds. The van der Waals surface area contributed by atoms with Gasteiger partial charge in [-0.2, -0.15) is 0 Å². The van der Waals surface area contributed by atoms with Crippen molar-refractivity contribution in [2.24, 2.45) is 0 Å². The fourth-order valence-electron chi connectivity index (χ4n) is 0.924. The maximum Gasteiger partial charge on any atom is 0.351 e. The number of rotatable bonds is 8. The number of carbonyl (C=O) groups is 2. The normalized spacial score (nSPS) is 11.8. The molecule has 0 aromatic carbocycles. The highest BCUT2D eigenvalue weighted by atomic mass is 35.5. The van der Waals surface area contributed by atoms with Gasteiger partial charge in [-0.25, -0.2) is 9.59 Å². The summed E-state index contributed by atoms with van der Waals surface area (Å²) in [6.07, 6.45) is 3.24. The fourth-order valence-corrected chi connectivity index (χ4v) is 1.19. The summed E-state index contributed by atoms with van der Waals surface area (Å²) in [5.41, 5.74) is 0. The number of unbranched alkanes of at least 4 members (excludes halogenated alkanes) is 2. The van der Waals surface area contributed by atoms with E-state index in [9.17, 15) is 9.59 Å². The van der Waals surface area contributed by atoms with E-state index in [0.29, 0.717) is 0 Å². The van der Waals surface area contributed by atoms with Gasteiger partial charge >= 0.3 is 11.9 Å². The van der Waals surface area contributed by atoms with Crippen LogP contribution < -0.4 is 0 Å². The first-order chi connectivity index (χ1) is 8.54. The standard InChI is InChI=1S/C12H18Cl2O4/c1-3-5-7-17-11(15)9(13)10(14)12(16)18-8-6-4-2/h3-8H2,1-2H3/b10-9-. The zero-order valence-corrected chi connectivity index (χ0v) is 12.1. The van der Waals surface area contributed by atoms with Crippen LogP contribution in [-0.2, 0) is 19.1 Å². The first-order valence-corrected chi connectivity index (χ1v) is 6.69. The molecule has 0 saturated carbocycles. The zero-order valence-electron chi connectivity index (χ0n) is 10.6. The highest BCUT2D eigenvalue weighted by Gasteiger charge is 2.20. The summed E-state index contributed by atoms with van der Waals surface area (Å²) in [7, 11) is 0. The summed E-state index contributed by atoms with van der Waals surface area (Å²) in [6.45, 7) is 4.42. The van der Waals surface area contributed by atoms with Gasteiger partial charge in [-0.1, -0.05) is 49.9 Å². The Morgan fingerprint density at radius 1 is 0.833 bits per heavy atom. The lowest BCUT2D eigenvalue weighted by Crippen LogP contribution is -2.12. The van der Waals surface area contributed by atoms with Crippen LogP contribution in [0.25, 0.3) is 0 Å². The van der Waals surface area contributed by atoms with Crippen molar-refractivity contribution in [1.82, 2.24) is 0 Å². The van der Waals surface area contributed by atoms with Crippen molar-refractivity contribution in [3.8, 4) is 0 Å². The third-order valence-electron chi connectivity index (χ3n) is 2.01. The molecule has 0 bridgehead atoms. The largest absolute Gasteiger partial charge is 0.461 e. The van der Waals surface area contributed by atoms with E-state index in [0.717, 1.165) is 25.7 Å². The Balaban J connectivity index is 4.30. The van der Waals surface area contributed by atoms with Gasteiger partial charge in [0.05, 0.1) is 13.2 Å². The van der Waals surface area contributed by atoms with Gasteiger partial charge in [0.1, 0.15) is 0 Å². The Hall–Kier alpha value is -0.740. The molecule has 0 aliphatic heterocycles. The van der Waals surface area contributed by atoms with Crippen LogP contribution in [0.15, 0.2) is 10.1 Å². The average Bonchev–Trinajstić information content (AvgIpc) is 2.37. The van der Waals surface area contributed by atoms with Gasteiger partial charge in [-0.15, -0.1) is 0 Å². The zero-order chi connectivity index (χ0) is 14.0. The molecular formula is C12H18Cl2O4. The van der Waals surface area contributed by atoms with E-state index in [4.69, 9.17) is 32.7 Å². The first-order valence-electron chi connectivity index (χ1n) is 5.94. The molecule has 4 nitrogen and oxygen atoms in total. The van der Waals surface area contributed by atoms with Gasteiger partial charge in [0.2, 0.25) is 0 Å². The van der Waals surface area contributed by atoms with E-state index in [1.165, 1.54) is 0 Å². The number of carbonyl (C=O) groups excluding carboxylic acids is 2. The summed E-state index contributed by atoms with van der Waals surface area (Å²) >= 11 is 11.3. The van der Waals surface area contributed by atoms with Crippen molar-refractivity contribution in [2.75, 3.05) is 13.2 Å². The molecule has 104 valence electrons. The Bertz CT molecular complexity index is 283. The molecule has 0 fully saturated rings. The van der Waals surface area contributed by atoms with E-state index in [2.05, 4.69) is 0 Å². The van der Waals surface area contributed by atoms with Crippen molar-refractivity contribution in [3.63, 3.8) is 0 Å².